The van der Waals surface area contributed by atoms with Gasteiger partial charge in [-0.3, -0.25) is 4.79 Å². The number of hydrogen-bond acceptors (Lipinski definition) is 5. The predicted octanol–water partition coefficient (Wildman–Crippen LogP) is 3.31. The lowest BCUT2D eigenvalue weighted by molar-refractivity contribution is -0.148. The van der Waals surface area contributed by atoms with E-state index in [4.69, 9.17) is 10.5 Å². The molecule has 0 saturated carbocycles. The molecule has 3 atom stereocenters. The topological polar surface area (TPSA) is 102 Å². The fraction of sp³-hybridized carbons (Fsp3) is 0.435. The Morgan fingerprint density at radius 1 is 1.19 bits per heavy atom. The summed E-state index contributed by atoms with van der Waals surface area (Å²) in [5, 5.41) is 6.80. The zero-order valence-electron chi connectivity index (χ0n) is 18.9. The number of aromatic amines is 1. The minimum atomic E-state index is -4.63. The first-order valence-corrected chi connectivity index (χ1v) is 11.4. The van der Waals surface area contributed by atoms with Gasteiger partial charge in [0, 0.05) is 43.6 Å². The van der Waals surface area contributed by atoms with E-state index >= 15 is 0 Å². The van der Waals surface area contributed by atoms with Crippen LogP contribution in [0.5, 0.6) is 5.88 Å². The second kappa shape index (κ2) is 9.19. The van der Waals surface area contributed by atoms with Crippen LogP contribution in [0.15, 0.2) is 30.5 Å². The molecule has 3 unspecified atom stereocenters. The van der Waals surface area contributed by atoms with Gasteiger partial charge in [-0.25, -0.2) is 8.78 Å². The van der Waals surface area contributed by atoms with Gasteiger partial charge in [-0.1, -0.05) is 0 Å². The number of ether oxygens (including phenoxy) is 1. The summed E-state index contributed by atoms with van der Waals surface area (Å²) in [6.45, 7) is 0.0435. The number of nitrogens with one attached hydrogen (secondary N) is 1. The number of H-pyrrole nitrogens is 1. The number of benzene rings is 1. The number of hydrogen-bond donors (Lipinski definition) is 2. The van der Waals surface area contributed by atoms with E-state index in [0.717, 1.165) is 16.7 Å². The van der Waals surface area contributed by atoms with Crippen molar-refractivity contribution in [2.24, 2.45) is 5.73 Å². The van der Waals surface area contributed by atoms with E-state index < -0.39 is 35.6 Å². The molecule has 2 aliphatic rings. The van der Waals surface area contributed by atoms with Crippen LogP contribution in [0.25, 0.3) is 0 Å². The quantitative estimate of drug-likeness (QED) is 0.496. The molecular weight excluding hydrogens is 487 g/mol. The van der Waals surface area contributed by atoms with Crippen molar-refractivity contribution in [3.63, 3.8) is 0 Å². The van der Waals surface area contributed by atoms with Crippen molar-refractivity contribution >= 4 is 5.91 Å². The van der Waals surface area contributed by atoms with E-state index in [1.165, 1.54) is 4.90 Å². The third-order valence-electron chi connectivity index (χ3n) is 6.80. The van der Waals surface area contributed by atoms with Crippen LogP contribution >= 0.6 is 0 Å². The largest absolute Gasteiger partial charge is 0.478 e. The molecule has 1 aliphatic carbocycles. The average Bonchev–Trinajstić information content (AvgIpc) is 3.56. The van der Waals surface area contributed by atoms with E-state index in [2.05, 4.69) is 15.2 Å². The van der Waals surface area contributed by atoms with Gasteiger partial charge in [-0.2, -0.15) is 13.2 Å². The van der Waals surface area contributed by atoms with Crippen molar-refractivity contribution in [3.05, 3.63) is 64.9 Å². The highest BCUT2D eigenvalue weighted by Gasteiger charge is 2.41. The molecule has 3 aromatic rings. The number of rotatable bonds is 6. The summed E-state index contributed by atoms with van der Waals surface area (Å²) in [5.41, 5.74) is 7.52. The minimum absolute atomic E-state index is 0.0424. The van der Waals surface area contributed by atoms with Gasteiger partial charge in [0.2, 0.25) is 11.7 Å². The molecule has 5 rings (SSSR count). The van der Waals surface area contributed by atoms with E-state index in [0.29, 0.717) is 23.4 Å². The Kier molecular flexibility index (Phi) is 6.18. The van der Waals surface area contributed by atoms with Crippen LogP contribution in [0.4, 0.5) is 22.0 Å². The van der Waals surface area contributed by atoms with Crippen LogP contribution in [0, 0.1) is 11.6 Å². The van der Waals surface area contributed by atoms with Crippen LogP contribution in [0.1, 0.15) is 47.5 Å². The van der Waals surface area contributed by atoms with E-state index in [9.17, 15) is 26.7 Å². The molecule has 3 heterocycles. The molecule has 13 heteroatoms. The first-order chi connectivity index (χ1) is 17.1. The number of halogens is 5. The lowest BCUT2D eigenvalue weighted by atomic mass is 9.90. The molecule has 1 aromatic carbocycles. The molecule has 1 amide bonds. The Balaban J connectivity index is 1.28. The fourth-order valence-electron chi connectivity index (χ4n) is 5.02. The normalized spacial score (nSPS) is 20.2. The van der Waals surface area contributed by atoms with E-state index in [1.807, 2.05) is 0 Å². The lowest BCUT2D eigenvalue weighted by Gasteiger charge is -2.30. The van der Waals surface area contributed by atoms with Crippen molar-refractivity contribution in [1.82, 2.24) is 24.6 Å². The van der Waals surface area contributed by atoms with Crippen LogP contribution in [0.3, 0.4) is 0 Å². The second-order valence-corrected chi connectivity index (χ2v) is 9.05. The summed E-state index contributed by atoms with van der Waals surface area (Å²) in [6, 6.07) is 5.06. The van der Waals surface area contributed by atoms with Gasteiger partial charge in [0.1, 0.15) is 0 Å². The molecule has 0 spiro atoms. The standard InChI is InChI=1S/C23H23F5N6O2/c24-16-7-13-12(11-36-20-2-1-3-30-20)6-15(14(13)8-17(16)25)18(29)9-21(35)33-4-5-34-19(10-33)31-32-22(34)23(26,27)28/h1-3,7-8,12,15,18,30H,4-6,9-11,29H2. The molecular formula is C23H23F5N6O2. The maximum absolute atomic E-state index is 14.1. The number of carbonyl (C=O) groups excluding carboxylic acids is 1. The van der Waals surface area contributed by atoms with Gasteiger partial charge in [-0.15, -0.1) is 10.2 Å². The molecule has 192 valence electrons. The summed E-state index contributed by atoms with van der Waals surface area (Å²) >= 11 is 0. The Morgan fingerprint density at radius 2 is 1.94 bits per heavy atom. The highest BCUT2D eigenvalue weighted by atomic mass is 19.4. The number of nitrogens with zero attached hydrogens (tertiary/aromatic N) is 4. The van der Waals surface area contributed by atoms with E-state index in [-0.39, 0.29) is 50.3 Å². The maximum atomic E-state index is 14.1. The SMILES string of the molecule is NC(CC(=O)N1CCn2c(nnc2C(F)(F)F)C1)C1CC(COc2ccc[nH]2)c2cc(F)c(F)cc21. The number of alkyl halides is 3. The van der Waals surface area contributed by atoms with Crippen LogP contribution < -0.4 is 10.5 Å². The minimum Gasteiger partial charge on any atom is -0.478 e. The Bertz CT molecular complexity index is 1260. The number of nitrogens with two attached hydrogens (primary N) is 1. The van der Waals surface area contributed by atoms with Crippen molar-refractivity contribution in [2.45, 2.75) is 50.0 Å². The van der Waals surface area contributed by atoms with Crippen LogP contribution in [0.2, 0.25) is 0 Å². The third-order valence-corrected chi connectivity index (χ3v) is 6.80. The maximum Gasteiger partial charge on any atom is 0.451 e. The zero-order chi connectivity index (χ0) is 25.6. The van der Waals surface area contributed by atoms with Gasteiger partial charge < -0.3 is 24.9 Å². The van der Waals surface area contributed by atoms with Gasteiger partial charge in [0.05, 0.1) is 13.2 Å². The average molecular weight is 510 g/mol. The molecule has 2 aromatic heterocycles. The fourth-order valence-corrected chi connectivity index (χ4v) is 5.02. The number of carbonyl (C=O) groups is 1. The first-order valence-electron chi connectivity index (χ1n) is 11.4. The van der Waals surface area contributed by atoms with Crippen molar-refractivity contribution in [3.8, 4) is 5.88 Å². The molecule has 3 N–H and O–H groups in total. The smallest absolute Gasteiger partial charge is 0.451 e. The summed E-state index contributed by atoms with van der Waals surface area (Å²) in [7, 11) is 0. The monoisotopic (exact) mass is 510 g/mol. The predicted molar refractivity (Wildman–Crippen MR) is 116 cm³/mol. The highest BCUT2D eigenvalue weighted by molar-refractivity contribution is 5.77. The van der Waals surface area contributed by atoms with Gasteiger partial charge in [0.15, 0.2) is 23.3 Å². The van der Waals surface area contributed by atoms with Crippen LogP contribution in [-0.4, -0.2) is 49.7 Å². The van der Waals surface area contributed by atoms with Crippen LogP contribution in [-0.2, 0) is 24.1 Å². The van der Waals surface area contributed by atoms with E-state index in [1.54, 1.807) is 18.3 Å². The molecule has 0 radical (unpaired) electrons. The Labute approximate surface area is 202 Å². The molecule has 36 heavy (non-hydrogen) atoms. The Morgan fingerprint density at radius 3 is 2.64 bits per heavy atom. The second-order valence-electron chi connectivity index (χ2n) is 9.05. The van der Waals surface area contributed by atoms with Crippen molar-refractivity contribution in [1.29, 1.82) is 0 Å². The molecule has 0 bridgehead atoms. The highest BCUT2D eigenvalue weighted by Crippen LogP contribution is 2.44. The van der Waals surface area contributed by atoms with Crippen molar-refractivity contribution < 1.29 is 31.5 Å². The number of aromatic nitrogens is 4. The first kappa shape index (κ1) is 24.2. The van der Waals surface area contributed by atoms with Gasteiger partial charge >= 0.3 is 6.18 Å². The lowest BCUT2D eigenvalue weighted by Crippen LogP contribution is -2.42. The Hall–Kier alpha value is -3.48. The van der Waals surface area contributed by atoms with Gasteiger partial charge in [0.25, 0.3) is 0 Å². The molecule has 1 aliphatic heterocycles. The number of fused-ring (bicyclic) bond motifs is 2. The van der Waals surface area contributed by atoms with Gasteiger partial charge in [-0.05, 0) is 41.8 Å². The summed E-state index contributed by atoms with van der Waals surface area (Å²) in [4.78, 5) is 17.3. The molecule has 0 fully saturated rings. The molecule has 0 saturated heterocycles. The summed E-state index contributed by atoms with van der Waals surface area (Å²) < 4.78 is 74.1. The summed E-state index contributed by atoms with van der Waals surface area (Å²) in [5.74, 6) is -3.54. The summed E-state index contributed by atoms with van der Waals surface area (Å²) in [6.07, 6.45) is -2.62. The van der Waals surface area contributed by atoms with Crippen molar-refractivity contribution in [2.75, 3.05) is 13.2 Å². The third kappa shape index (κ3) is 4.54. The molecule has 8 nitrogen and oxygen atoms in total. The number of amides is 1. The zero-order valence-corrected chi connectivity index (χ0v) is 18.9.